The van der Waals surface area contributed by atoms with Crippen LogP contribution in [0.3, 0.4) is 0 Å². The summed E-state index contributed by atoms with van der Waals surface area (Å²) in [4.78, 5) is 2.16. The number of aliphatic hydroxyl groups is 1. The molecule has 1 rings (SSSR count). The zero-order valence-corrected chi connectivity index (χ0v) is 11.6. The van der Waals surface area contributed by atoms with Crippen molar-refractivity contribution in [1.82, 2.24) is 4.90 Å². The molecule has 0 amide bonds. The average Bonchev–Trinajstić information content (AvgIpc) is 2.27. The highest BCUT2D eigenvalue weighted by Crippen LogP contribution is 2.41. The fourth-order valence-electron chi connectivity index (χ4n) is 2.89. The van der Waals surface area contributed by atoms with Crippen molar-refractivity contribution in [2.24, 2.45) is 17.3 Å². The van der Waals surface area contributed by atoms with Gasteiger partial charge in [-0.3, -0.25) is 4.90 Å². The third-order valence-electron chi connectivity index (χ3n) is 4.23. The summed E-state index contributed by atoms with van der Waals surface area (Å²) in [5.74, 6) is 0.809. The number of hydrogen-bond acceptors (Lipinski definition) is 3. The standard InChI is InChI=1S/C14H26N2O/c1-14(2,3)12-6-5-11(10-15)13(9-12)16(4)7-8-17/h11-13,17H,5-9H2,1-4H3. The molecule has 0 saturated heterocycles. The van der Waals surface area contributed by atoms with Crippen LogP contribution in [-0.4, -0.2) is 36.2 Å². The highest BCUT2D eigenvalue weighted by molar-refractivity contribution is 4.98. The molecule has 1 aliphatic rings. The topological polar surface area (TPSA) is 47.3 Å². The molecule has 0 radical (unpaired) electrons. The van der Waals surface area contributed by atoms with Crippen molar-refractivity contribution in [1.29, 1.82) is 5.26 Å². The van der Waals surface area contributed by atoms with Crippen LogP contribution >= 0.6 is 0 Å². The van der Waals surface area contributed by atoms with Crippen molar-refractivity contribution >= 4 is 0 Å². The zero-order chi connectivity index (χ0) is 13.1. The van der Waals surface area contributed by atoms with Gasteiger partial charge in [-0.15, -0.1) is 0 Å². The Hall–Kier alpha value is -0.590. The van der Waals surface area contributed by atoms with Crippen LogP contribution < -0.4 is 0 Å². The fraction of sp³-hybridized carbons (Fsp3) is 0.929. The Labute approximate surface area is 105 Å². The molecule has 1 N–H and O–H groups in total. The Morgan fingerprint density at radius 2 is 2.00 bits per heavy atom. The zero-order valence-electron chi connectivity index (χ0n) is 11.6. The summed E-state index contributed by atoms with van der Waals surface area (Å²) < 4.78 is 0. The Balaban J connectivity index is 2.72. The van der Waals surface area contributed by atoms with E-state index in [2.05, 4.69) is 31.7 Å². The summed E-state index contributed by atoms with van der Waals surface area (Å²) in [5, 5.41) is 18.3. The Morgan fingerprint density at radius 3 is 2.47 bits per heavy atom. The highest BCUT2D eigenvalue weighted by atomic mass is 16.3. The number of hydrogen-bond donors (Lipinski definition) is 1. The third-order valence-corrected chi connectivity index (χ3v) is 4.23. The van der Waals surface area contributed by atoms with Gasteiger partial charge in [0.05, 0.1) is 18.6 Å². The van der Waals surface area contributed by atoms with Gasteiger partial charge in [-0.1, -0.05) is 20.8 Å². The Kier molecular flexibility index (Phi) is 4.97. The lowest BCUT2D eigenvalue weighted by atomic mass is 9.68. The van der Waals surface area contributed by atoms with E-state index in [0.29, 0.717) is 23.9 Å². The first-order valence-electron chi connectivity index (χ1n) is 6.61. The van der Waals surface area contributed by atoms with E-state index in [0.717, 1.165) is 19.3 Å². The number of likely N-dealkylation sites (N-methyl/N-ethyl adjacent to an activating group) is 1. The minimum absolute atomic E-state index is 0.130. The maximum atomic E-state index is 9.23. The minimum atomic E-state index is 0.130. The molecule has 1 fully saturated rings. The number of rotatable bonds is 3. The molecular formula is C14H26N2O. The van der Waals surface area contributed by atoms with Crippen LogP contribution in [0.5, 0.6) is 0 Å². The normalized spacial score (nSPS) is 30.3. The van der Waals surface area contributed by atoms with Gasteiger partial charge in [0.25, 0.3) is 0 Å². The molecule has 0 heterocycles. The molecule has 0 aromatic heterocycles. The van der Waals surface area contributed by atoms with Gasteiger partial charge in [0, 0.05) is 12.6 Å². The van der Waals surface area contributed by atoms with Gasteiger partial charge < -0.3 is 5.11 Å². The van der Waals surface area contributed by atoms with Crippen molar-refractivity contribution in [3.8, 4) is 6.07 Å². The molecule has 1 saturated carbocycles. The van der Waals surface area contributed by atoms with E-state index in [9.17, 15) is 5.26 Å². The first-order valence-corrected chi connectivity index (χ1v) is 6.61. The predicted molar refractivity (Wildman–Crippen MR) is 69.4 cm³/mol. The molecule has 3 unspecified atom stereocenters. The first kappa shape index (κ1) is 14.5. The second kappa shape index (κ2) is 5.84. The lowest BCUT2D eigenvalue weighted by Crippen LogP contribution is -2.45. The van der Waals surface area contributed by atoms with Crippen LogP contribution in [0.25, 0.3) is 0 Å². The van der Waals surface area contributed by atoms with Crippen molar-refractivity contribution in [3.05, 3.63) is 0 Å². The average molecular weight is 238 g/mol. The number of nitrogens with zero attached hydrogens (tertiary/aromatic N) is 2. The lowest BCUT2D eigenvalue weighted by Gasteiger charge is -2.43. The Morgan fingerprint density at radius 1 is 1.35 bits per heavy atom. The van der Waals surface area contributed by atoms with Crippen LogP contribution in [0.2, 0.25) is 0 Å². The number of aliphatic hydroxyl groups excluding tert-OH is 1. The largest absolute Gasteiger partial charge is 0.395 e. The van der Waals surface area contributed by atoms with Crippen LogP contribution in [-0.2, 0) is 0 Å². The van der Waals surface area contributed by atoms with E-state index in [1.165, 1.54) is 0 Å². The molecule has 0 aromatic rings. The van der Waals surface area contributed by atoms with E-state index < -0.39 is 0 Å². The van der Waals surface area contributed by atoms with Crippen molar-refractivity contribution in [3.63, 3.8) is 0 Å². The van der Waals surface area contributed by atoms with E-state index in [1.54, 1.807) is 0 Å². The molecule has 3 nitrogen and oxygen atoms in total. The van der Waals surface area contributed by atoms with Gasteiger partial charge >= 0.3 is 0 Å². The first-order chi connectivity index (χ1) is 7.90. The van der Waals surface area contributed by atoms with Gasteiger partial charge in [-0.05, 0) is 37.6 Å². The highest BCUT2D eigenvalue weighted by Gasteiger charge is 2.37. The van der Waals surface area contributed by atoms with Crippen molar-refractivity contribution < 1.29 is 5.11 Å². The summed E-state index contributed by atoms with van der Waals surface area (Å²) in [6.45, 7) is 7.69. The quantitative estimate of drug-likeness (QED) is 0.820. The molecular weight excluding hydrogens is 212 g/mol. The molecule has 17 heavy (non-hydrogen) atoms. The van der Waals surface area contributed by atoms with Crippen LogP contribution in [0.15, 0.2) is 0 Å². The van der Waals surface area contributed by atoms with Crippen LogP contribution in [0, 0.1) is 28.6 Å². The summed E-state index contributed by atoms with van der Waals surface area (Å²) in [6, 6.07) is 2.75. The lowest BCUT2D eigenvalue weighted by molar-refractivity contribution is 0.0655. The second-order valence-corrected chi connectivity index (χ2v) is 6.38. The van der Waals surface area contributed by atoms with Gasteiger partial charge in [-0.2, -0.15) is 5.26 Å². The van der Waals surface area contributed by atoms with Gasteiger partial charge in [0.2, 0.25) is 0 Å². The fourth-order valence-corrected chi connectivity index (χ4v) is 2.89. The molecule has 3 heteroatoms. The molecule has 3 atom stereocenters. The molecule has 0 spiro atoms. The maximum Gasteiger partial charge on any atom is 0.0672 e. The molecule has 0 aliphatic heterocycles. The van der Waals surface area contributed by atoms with Gasteiger partial charge in [0.15, 0.2) is 0 Å². The minimum Gasteiger partial charge on any atom is -0.395 e. The summed E-state index contributed by atoms with van der Waals surface area (Å²) in [5.41, 5.74) is 0.318. The van der Waals surface area contributed by atoms with Gasteiger partial charge in [0.1, 0.15) is 0 Å². The SMILES string of the molecule is CN(CCO)C1CC(C(C)(C)C)CCC1C#N. The van der Waals surface area contributed by atoms with E-state index in [-0.39, 0.29) is 12.5 Å². The van der Waals surface area contributed by atoms with Crippen molar-refractivity contribution in [2.45, 2.75) is 46.1 Å². The molecule has 1 aliphatic carbocycles. The second-order valence-electron chi connectivity index (χ2n) is 6.38. The van der Waals surface area contributed by atoms with Gasteiger partial charge in [-0.25, -0.2) is 0 Å². The summed E-state index contributed by atoms with van der Waals surface area (Å²) >= 11 is 0. The molecule has 0 bridgehead atoms. The van der Waals surface area contributed by atoms with E-state index in [1.807, 2.05) is 7.05 Å². The van der Waals surface area contributed by atoms with Crippen LogP contribution in [0.1, 0.15) is 40.0 Å². The predicted octanol–water partition coefficient (Wildman–Crippen LogP) is 2.27. The molecule has 98 valence electrons. The van der Waals surface area contributed by atoms with Crippen molar-refractivity contribution in [2.75, 3.05) is 20.2 Å². The maximum absolute atomic E-state index is 9.23. The Bertz CT molecular complexity index is 277. The molecule has 0 aromatic carbocycles. The van der Waals surface area contributed by atoms with E-state index in [4.69, 9.17) is 5.11 Å². The third kappa shape index (κ3) is 3.69. The monoisotopic (exact) mass is 238 g/mol. The van der Waals surface area contributed by atoms with Crippen LogP contribution in [0.4, 0.5) is 0 Å². The summed E-state index contributed by atoms with van der Waals surface area (Å²) in [7, 11) is 2.02. The summed E-state index contributed by atoms with van der Waals surface area (Å²) in [6.07, 6.45) is 3.24. The van der Waals surface area contributed by atoms with E-state index >= 15 is 0 Å². The smallest absolute Gasteiger partial charge is 0.0672 e. The number of nitriles is 1.